The molecule has 2 aromatic carbocycles. The fraction of sp³-hybridized carbons (Fsp3) is 0.273. The average molecular weight is 407 g/mol. The second-order valence-corrected chi connectivity index (χ2v) is 7.62. The van der Waals surface area contributed by atoms with Crippen LogP contribution in [-0.4, -0.2) is 34.0 Å². The Labute approximate surface area is 174 Å². The lowest BCUT2D eigenvalue weighted by molar-refractivity contribution is -0.121. The predicted molar refractivity (Wildman–Crippen MR) is 116 cm³/mol. The summed E-state index contributed by atoms with van der Waals surface area (Å²) in [6.45, 7) is 2.63. The van der Waals surface area contributed by atoms with Gasteiger partial charge in [-0.05, 0) is 49.7 Å². The molecule has 1 aliphatic heterocycles. The van der Waals surface area contributed by atoms with Gasteiger partial charge in [-0.15, -0.1) is 0 Å². The Morgan fingerprint density at radius 3 is 2.76 bits per heavy atom. The third kappa shape index (κ3) is 4.05. The van der Waals surface area contributed by atoms with E-state index < -0.39 is 6.04 Å². The topological polar surface area (TPSA) is 76.0 Å². The summed E-state index contributed by atoms with van der Waals surface area (Å²) in [7, 11) is 0. The van der Waals surface area contributed by atoms with Gasteiger partial charge in [0.1, 0.15) is 11.9 Å². The van der Waals surface area contributed by atoms with Crippen LogP contribution in [0.4, 0.5) is 5.82 Å². The number of fused-ring (bicyclic) bond motifs is 3. The van der Waals surface area contributed by atoms with Gasteiger partial charge in [-0.25, -0.2) is 9.55 Å². The quantitative estimate of drug-likeness (QED) is 0.611. The van der Waals surface area contributed by atoms with E-state index in [1.807, 2.05) is 31.2 Å². The molecule has 0 saturated heterocycles. The lowest BCUT2D eigenvalue weighted by atomic mass is 10.1. The number of hydrogen-bond donors (Lipinski definition) is 2. The summed E-state index contributed by atoms with van der Waals surface area (Å²) in [4.78, 5) is 29.3. The first-order valence-electron chi connectivity index (χ1n) is 9.68. The maximum Gasteiger partial charge on any atom is 0.257 e. The van der Waals surface area contributed by atoms with Crippen molar-refractivity contribution in [2.45, 2.75) is 32.2 Å². The molecule has 6 nitrogen and oxygen atoms in total. The van der Waals surface area contributed by atoms with Gasteiger partial charge >= 0.3 is 0 Å². The minimum absolute atomic E-state index is 0.0609. The van der Waals surface area contributed by atoms with Crippen LogP contribution in [0.25, 0.3) is 10.9 Å². The van der Waals surface area contributed by atoms with Crippen LogP contribution in [-0.2, 0) is 11.2 Å². The number of anilines is 1. The van der Waals surface area contributed by atoms with Gasteiger partial charge in [0.05, 0.1) is 5.52 Å². The highest BCUT2D eigenvalue weighted by molar-refractivity contribution is 7.71. The van der Waals surface area contributed by atoms with Crippen LogP contribution in [0.15, 0.2) is 48.5 Å². The standard InChI is InChI=1S/C22H22N4O2S/c1-14-6-8-15(9-7-14)12-13-23-19(27)11-10-18-21(28)26-20(24-18)16-4-2-3-5-17(16)25-22(26)29/h2-9,18,24H,10-13H2,1H3,(H,23,27)/t18-/m1/s1. The van der Waals surface area contributed by atoms with Gasteiger partial charge in [0.2, 0.25) is 10.7 Å². The van der Waals surface area contributed by atoms with E-state index in [0.29, 0.717) is 18.8 Å². The van der Waals surface area contributed by atoms with Crippen LogP contribution >= 0.6 is 12.2 Å². The first-order valence-corrected chi connectivity index (χ1v) is 10.1. The molecule has 1 atom stereocenters. The number of benzene rings is 2. The van der Waals surface area contributed by atoms with Crippen LogP contribution in [0.5, 0.6) is 0 Å². The van der Waals surface area contributed by atoms with Crippen LogP contribution in [0.3, 0.4) is 0 Å². The van der Waals surface area contributed by atoms with Gasteiger partial charge in [-0.2, -0.15) is 0 Å². The highest BCUT2D eigenvalue weighted by Gasteiger charge is 2.31. The minimum Gasteiger partial charge on any atom is -0.359 e. The Morgan fingerprint density at radius 1 is 1.21 bits per heavy atom. The Kier molecular flexibility index (Phi) is 5.40. The number of nitrogens with zero attached hydrogens (tertiary/aromatic N) is 2. The van der Waals surface area contributed by atoms with Gasteiger partial charge in [0.15, 0.2) is 0 Å². The molecule has 2 heterocycles. The highest BCUT2D eigenvalue weighted by atomic mass is 32.1. The zero-order chi connectivity index (χ0) is 20.4. The van der Waals surface area contributed by atoms with Gasteiger partial charge < -0.3 is 10.6 Å². The monoisotopic (exact) mass is 406 g/mol. The van der Waals surface area contributed by atoms with Crippen molar-refractivity contribution in [3.8, 4) is 0 Å². The van der Waals surface area contributed by atoms with E-state index in [9.17, 15) is 9.59 Å². The van der Waals surface area contributed by atoms with E-state index in [1.54, 1.807) is 0 Å². The number of aryl methyl sites for hydroxylation is 1. The summed E-state index contributed by atoms with van der Waals surface area (Å²) in [5, 5.41) is 7.01. The van der Waals surface area contributed by atoms with E-state index in [0.717, 1.165) is 17.3 Å². The van der Waals surface area contributed by atoms with E-state index in [4.69, 9.17) is 12.2 Å². The zero-order valence-electron chi connectivity index (χ0n) is 16.1. The second kappa shape index (κ2) is 8.13. The summed E-state index contributed by atoms with van der Waals surface area (Å²) in [5.41, 5.74) is 3.15. The van der Waals surface area contributed by atoms with Crippen molar-refractivity contribution in [2.75, 3.05) is 11.9 Å². The molecule has 3 aromatic rings. The number of hydrogen-bond acceptors (Lipinski definition) is 5. The molecule has 29 heavy (non-hydrogen) atoms. The van der Waals surface area contributed by atoms with E-state index in [-0.39, 0.29) is 23.0 Å². The summed E-state index contributed by atoms with van der Waals surface area (Å²) in [5.74, 6) is 0.445. The normalized spacial score (nSPS) is 15.2. The molecular formula is C22H22N4O2S. The first-order chi connectivity index (χ1) is 14.0. The molecule has 0 bridgehead atoms. The maximum absolute atomic E-state index is 12.8. The highest BCUT2D eigenvalue weighted by Crippen LogP contribution is 2.29. The Morgan fingerprint density at radius 2 is 1.97 bits per heavy atom. The lowest BCUT2D eigenvalue weighted by Gasteiger charge is -2.09. The van der Waals surface area contributed by atoms with Gasteiger partial charge in [-0.1, -0.05) is 42.0 Å². The molecule has 7 heteroatoms. The summed E-state index contributed by atoms with van der Waals surface area (Å²) in [6, 6.07) is 15.4. The second-order valence-electron chi connectivity index (χ2n) is 7.25. The number of para-hydroxylation sites is 1. The number of amides is 1. The zero-order valence-corrected chi connectivity index (χ0v) is 17.0. The number of rotatable bonds is 6. The first kappa shape index (κ1) is 19.3. The summed E-state index contributed by atoms with van der Waals surface area (Å²) in [6.07, 6.45) is 1.45. The number of carbonyl (C=O) groups is 2. The fourth-order valence-electron chi connectivity index (χ4n) is 3.53. The van der Waals surface area contributed by atoms with E-state index >= 15 is 0 Å². The molecular weight excluding hydrogens is 384 g/mol. The van der Waals surface area contributed by atoms with E-state index in [1.165, 1.54) is 15.7 Å². The largest absolute Gasteiger partial charge is 0.359 e. The smallest absolute Gasteiger partial charge is 0.257 e. The van der Waals surface area contributed by atoms with Crippen LogP contribution in [0.1, 0.15) is 28.8 Å². The Bertz CT molecular complexity index is 1140. The van der Waals surface area contributed by atoms with Crippen molar-refractivity contribution in [1.29, 1.82) is 0 Å². The predicted octanol–water partition coefficient (Wildman–Crippen LogP) is 3.65. The van der Waals surface area contributed by atoms with Crippen molar-refractivity contribution in [3.05, 3.63) is 64.4 Å². The summed E-state index contributed by atoms with van der Waals surface area (Å²) < 4.78 is 1.68. The molecule has 0 saturated carbocycles. The third-order valence-electron chi connectivity index (χ3n) is 5.14. The van der Waals surface area contributed by atoms with Gasteiger partial charge in [0, 0.05) is 18.4 Å². The van der Waals surface area contributed by atoms with Crippen LogP contribution < -0.4 is 10.6 Å². The van der Waals surface area contributed by atoms with Gasteiger partial charge in [-0.3, -0.25) is 9.59 Å². The maximum atomic E-state index is 12.8. The summed E-state index contributed by atoms with van der Waals surface area (Å²) >= 11 is 5.30. The molecule has 4 rings (SSSR count). The van der Waals surface area contributed by atoms with Crippen molar-refractivity contribution in [1.82, 2.24) is 14.9 Å². The van der Waals surface area contributed by atoms with E-state index in [2.05, 4.69) is 39.9 Å². The average Bonchev–Trinajstić information content (AvgIpc) is 3.05. The molecule has 0 unspecified atom stereocenters. The SMILES string of the molecule is Cc1ccc(CCNC(=O)CC[C@H]2Nc3c4ccccc4nc(=S)n3C2=O)cc1. The van der Waals surface area contributed by atoms with Crippen molar-refractivity contribution in [2.24, 2.45) is 0 Å². The molecule has 1 aromatic heterocycles. The third-order valence-corrected chi connectivity index (χ3v) is 5.41. The molecule has 0 aliphatic carbocycles. The van der Waals surface area contributed by atoms with Crippen LogP contribution in [0, 0.1) is 11.7 Å². The number of carbonyl (C=O) groups excluding carboxylic acids is 2. The fourth-order valence-corrected chi connectivity index (χ4v) is 3.81. The Hall–Kier alpha value is -3.06. The van der Waals surface area contributed by atoms with Crippen molar-refractivity contribution in [3.63, 3.8) is 0 Å². The molecule has 0 radical (unpaired) electrons. The lowest BCUT2D eigenvalue weighted by Crippen LogP contribution is -2.30. The minimum atomic E-state index is -0.479. The van der Waals surface area contributed by atoms with Crippen molar-refractivity contribution < 1.29 is 9.59 Å². The number of nitrogens with one attached hydrogen (secondary N) is 2. The molecule has 1 aliphatic rings. The molecule has 0 spiro atoms. The van der Waals surface area contributed by atoms with Crippen molar-refractivity contribution >= 4 is 40.8 Å². The molecule has 0 fully saturated rings. The number of aromatic nitrogens is 2. The molecule has 1 amide bonds. The van der Waals surface area contributed by atoms with Gasteiger partial charge in [0.25, 0.3) is 5.91 Å². The van der Waals surface area contributed by atoms with Crippen LogP contribution in [0.2, 0.25) is 0 Å². The molecule has 2 N–H and O–H groups in total. The Balaban J connectivity index is 1.34. The molecule has 148 valence electrons.